The summed E-state index contributed by atoms with van der Waals surface area (Å²) in [5.74, 6) is -1.10. The minimum absolute atomic E-state index is 0.0338. The summed E-state index contributed by atoms with van der Waals surface area (Å²) < 4.78 is 4.97. The highest BCUT2D eigenvalue weighted by atomic mass is 16.5. The molecule has 0 unspecified atom stereocenters. The standard InChI is InChI=1S/C32H42N6O6/c1-20(2)14-26(17-33)31(43)38-12-10-24(11-13-38)16-27(29(41)34-18-25-8-6-21(3)7-9-25)35-32(19-39,23(5)40)36-30(42)28-15-22(4)44-37-28/h6-9,14-15,19-20,23-24,27,35,40H,10-13,16,18H2,1-5H3,(H,34,41)(H,36,42)/t23-,27+,32-/m1/s1. The van der Waals surface area contributed by atoms with E-state index < -0.39 is 29.6 Å². The van der Waals surface area contributed by atoms with E-state index in [-0.39, 0.29) is 42.0 Å². The predicted octanol–water partition coefficient (Wildman–Crippen LogP) is 2.31. The van der Waals surface area contributed by atoms with Crippen molar-refractivity contribution in [1.29, 1.82) is 5.26 Å². The van der Waals surface area contributed by atoms with Gasteiger partial charge in [0.1, 0.15) is 17.4 Å². The quantitative estimate of drug-likeness (QED) is 0.115. The Hall–Kier alpha value is -4.34. The number of benzene rings is 1. The lowest BCUT2D eigenvalue weighted by molar-refractivity contribution is -0.130. The Labute approximate surface area is 257 Å². The lowest BCUT2D eigenvalue weighted by Gasteiger charge is -2.38. The lowest BCUT2D eigenvalue weighted by atomic mass is 9.88. The first-order chi connectivity index (χ1) is 20.9. The van der Waals surface area contributed by atoms with Crippen molar-refractivity contribution in [3.05, 3.63) is 64.6 Å². The minimum atomic E-state index is -2.02. The van der Waals surface area contributed by atoms with Crippen LogP contribution in [0, 0.1) is 37.0 Å². The second kappa shape index (κ2) is 15.4. The number of nitriles is 1. The molecule has 1 saturated heterocycles. The Balaban J connectivity index is 1.79. The molecule has 0 saturated carbocycles. The Bertz CT molecular complexity index is 1380. The van der Waals surface area contributed by atoms with Crippen LogP contribution in [0.5, 0.6) is 0 Å². The number of aryl methyl sites for hydroxylation is 2. The number of rotatable bonds is 13. The zero-order valence-corrected chi connectivity index (χ0v) is 25.9. The molecule has 2 aromatic rings. The molecule has 2 heterocycles. The van der Waals surface area contributed by atoms with Gasteiger partial charge in [0.2, 0.25) is 5.91 Å². The number of aliphatic hydroxyl groups excluding tert-OH is 1. The molecule has 1 aliphatic heterocycles. The van der Waals surface area contributed by atoms with Gasteiger partial charge in [0.15, 0.2) is 17.6 Å². The van der Waals surface area contributed by atoms with Gasteiger partial charge in [-0.2, -0.15) is 5.26 Å². The molecule has 12 heteroatoms. The normalized spacial score (nSPS) is 16.9. The molecule has 236 valence electrons. The van der Waals surface area contributed by atoms with E-state index in [1.807, 2.05) is 51.1 Å². The third-order valence-corrected chi connectivity index (χ3v) is 7.66. The van der Waals surface area contributed by atoms with Crippen LogP contribution in [0.15, 0.2) is 46.5 Å². The van der Waals surface area contributed by atoms with E-state index in [0.29, 0.717) is 38.0 Å². The minimum Gasteiger partial charge on any atom is -0.389 e. The van der Waals surface area contributed by atoms with Crippen molar-refractivity contribution in [3.63, 3.8) is 0 Å². The van der Waals surface area contributed by atoms with Gasteiger partial charge in [-0.25, -0.2) is 0 Å². The van der Waals surface area contributed by atoms with Crippen molar-refractivity contribution in [1.82, 2.24) is 26.0 Å². The Morgan fingerprint density at radius 2 is 1.84 bits per heavy atom. The van der Waals surface area contributed by atoms with Gasteiger partial charge in [-0.05, 0) is 57.4 Å². The molecule has 0 spiro atoms. The van der Waals surface area contributed by atoms with E-state index in [9.17, 15) is 29.5 Å². The number of nitrogens with one attached hydrogen (secondary N) is 3. The zero-order valence-electron chi connectivity index (χ0n) is 25.9. The molecule has 1 aromatic carbocycles. The maximum atomic E-state index is 13.6. The van der Waals surface area contributed by atoms with Gasteiger partial charge in [-0.3, -0.25) is 24.5 Å². The molecule has 1 aromatic heterocycles. The third-order valence-electron chi connectivity index (χ3n) is 7.66. The highest BCUT2D eigenvalue weighted by molar-refractivity contribution is 5.97. The molecular formula is C32H42N6O6. The number of likely N-dealkylation sites (tertiary alicyclic amines) is 1. The van der Waals surface area contributed by atoms with Crippen LogP contribution in [0.3, 0.4) is 0 Å². The number of hydrogen-bond donors (Lipinski definition) is 4. The summed E-state index contributed by atoms with van der Waals surface area (Å²) in [7, 11) is 0. The average molecular weight is 607 g/mol. The Morgan fingerprint density at radius 3 is 2.36 bits per heavy atom. The van der Waals surface area contributed by atoms with Crippen molar-refractivity contribution >= 4 is 24.0 Å². The summed E-state index contributed by atoms with van der Waals surface area (Å²) in [5.41, 5.74) is -0.0347. The number of amides is 3. The van der Waals surface area contributed by atoms with E-state index in [0.717, 1.165) is 11.1 Å². The molecule has 3 amide bonds. The molecule has 1 fully saturated rings. The Kier molecular flexibility index (Phi) is 12.0. The average Bonchev–Trinajstić information content (AvgIpc) is 3.44. The molecule has 12 nitrogen and oxygen atoms in total. The van der Waals surface area contributed by atoms with Crippen molar-refractivity contribution in [3.8, 4) is 6.07 Å². The molecule has 44 heavy (non-hydrogen) atoms. The van der Waals surface area contributed by atoms with Crippen LogP contribution >= 0.6 is 0 Å². The SMILES string of the molecule is Cc1ccc(CNC(=O)[C@H](CC2CCN(C(=O)C(C#N)=CC(C)C)CC2)N[C@](C=O)(NC(=O)c2cc(C)on2)[C@@H](C)O)cc1. The van der Waals surface area contributed by atoms with Gasteiger partial charge in [-0.15, -0.1) is 0 Å². The smallest absolute Gasteiger partial charge is 0.275 e. The lowest BCUT2D eigenvalue weighted by Crippen LogP contribution is -2.70. The van der Waals surface area contributed by atoms with Gasteiger partial charge >= 0.3 is 0 Å². The Morgan fingerprint density at radius 1 is 1.18 bits per heavy atom. The number of aromatic nitrogens is 1. The molecule has 1 aliphatic rings. The molecular weight excluding hydrogens is 564 g/mol. The highest BCUT2D eigenvalue weighted by Crippen LogP contribution is 2.25. The molecule has 0 bridgehead atoms. The summed E-state index contributed by atoms with van der Waals surface area (Å²) in [6, 6.07) is 10.1. The number of piperidine rings is 1. The molecule has 4 N–H and O–H groups in total. The highest BCUT2D eigenvalue weighted by Gasteiger charge is 2.42. The van der Waals surface area contributed by atoms with Crippen LogP contribution in [0.25, 0.3) is 0 Å². The van der Waals surface area contributed by atoms with Gasteiger partial charge in [0, 0.05) is 25.7 Å². The number of carbonyl (C=O) groups is 4. The van der Waals surface area contributed by atoms with Gasteiger partial charge in [0.25, 0.3) is 11.8 Å². The summed E-state index contributed by atoms with van der Waals surface area (Å²) in [4.78, 5) is 53.6. The van der Waals surface area contributed by atoms with Gasteiger partial charge in [-0.1, -0.05) is 54.9 Å². The monoisotopic (exact) mass is 606 g/mol. The fourth-order valence-corrected chi connectivity index (χ4v) is 5.05. The van der Waals surface area contributed by atoms with E-state index in [2.05, 4.69) is 21.1 Å². The van der Waals surface area contributed by atoms with E-state index in [1.54, 1.807) is 17.9 Å². The van der Waals surface area contributed by atoms with E-state index >= 15 is 0 Å². The van der Waals surface area contributed by atoms with Crippen molar-refractivity contribution in [2.75, 3.05) is 13.1 Å². The van der Waals surface area contributed by atoms with Crippen LogP contribution in [-0.4, -0.2) is 70.1 Å². The number of aldehydes is 1. The molecule has 3 rings (SSSR count). The predicted molar refractivity (Wildman–Crippen MR) is 162 cm³/mol. The first-order valence-electron chi connectivity index (χ1n) is 14.8. The van der Waals surface area contributed by atoms with Crippen LogP contribution < -0.4 is 16.0 Å². The first-order valence-corrected chi connectivity index (χ1v) is 14.8. The zero-order chi connectivity index (χ0) is 32.4. The van der Waals surface area contributed by atoms with Crippen LogP contribution in [0.1, 0.15) is 67.4 Å². The second-order valence-corrected chi connectivity index (χ2v) is 11.7. The molecule has 3 atom stereocenters. The maximum Gasteiger partial charge on any atom is 0.275 e. The van der Waals surface area contributed by atoms with Gasteiger partial charge in [0.05, 0.1) is 12.1 Å². The number of nitrogens with zero attached hydrogens (tertiary/aromatic N) is 3. The fourth-order valence-electron chi connectivity index (χ4n) is 5.05. The van der Waals surface area contributed by atoms with Crippen LogP contribution in [0.2, 0.25) is 0 Å². The number of allylic oxidation sites excluding steroid dienone is 1. The summed E-state index contributed by atoms with van der Waals surface area (Å²) >= 11 is 0. The van der Waals surface area contributed by atoms with Crippen molar-refractivity contribution < 1.29 is 28.8 Å². The fraction of sp³-hybridized carbons (Fsp3) is 0.500. The maximum absolute atomic E-state index is 13.6. The largest absolute Gasteiger partial charge is 0.389 e. The van der Waals surface area contributed by atoms with Crippen molar-refractivity contribution in [2.24, 2.45) is 11.8 Å². The van der Waals surface area contributed by atoms with Crippen molar-refractivity contribution in [2.45, 2.75) is 78.2 Å². The molecule has 0 radical (unpaired) electrons. The van der Waals surface area contributed by atoms with Crippen LogP contribution in [-0.2, 0) is 20.9 Å². The first kappa shape index (κ1) is 34.2. The van der Waals surface area contributed by atoms with Gasteiger partial charge < -0.3 is 25.2 Å². The molecule has 0 aliphatic carbocycles. The van der Waals surface area contributed by atoms with Crippen LogP contribution in [0.4, 0.5) is 0 Å². The summed E-state index contributed by atoms with van der Waals surface area (Å²) in [6.45, 7) is 9.73. The number of carbonyl (C=O) groups excluding carboxylic acids is 4. The number of aliphatic hydroxyl groups is 1. The topological polar surface area (TPSA) is 178 Å². The summed E-state index contributed by atoms with van der Waals surface area (Å²) in [6.07, 6.45) is 1.97. The number of hydrogen-bond acceptors (Lipinski definition) is 9. The summed E-state index contributed by atoms with van der Waals surface area (Å²) in [5, 5.41) is 32.2. The second-order valence-electron chi connectivity index (χ2n) is 11.7. The van der Waals surface area contributed by atoms with E-state index in [1.165, 1.54) is 13.0 Å². The third kappa shape index (κ3) is 9.08. The van der Waals surface area contributed by atoms with E-state index in [4.69, 9.17) is 4.52 Å².